The van der Waals surface area contributed by atoms with E-state index in [1.54, 1.807) is 21.3 Å². The minimum Gasteiger partial charge on any atom is -0.496 e. The molecule has 3 aromatic carbocycles. The number of carbonyl (C=O) groups excluding carboxylic acids is 1. The van der Waals surface area contributed by atoms with Crippen LogP contribution in [-0.2, 0) is 10.2 Å². The molecule has 0 bridgehead atoms. The fourth-order valence-electron chi connectivity index (χ4n) is 5.57. The highest BCUT2D eigenvalue weighted by Gasteiger charge is 2.44. The van der Waals surface area contributed by atoms with E-state index in [1.807, 2.05) is 30.3 Å². The molecule has 0 saturated heterocycles. The van der Waals surface area contributed by atoms with Crippen LogP contribution >= 0.6 is 0 Å². The van der Waals surface area contributed by atoms with Gasteiger partial charge in [-0.15, -0.1) is 0 Å². The normalized spacial score (nSPS) is 13.6. The molecule has 8 heteroatoms. The number of para-hydroxylation sites is 1. The van der Waals surface area contributed by atoms with Crippen molar-refractivity contribution in [3.63, 3.8) is 0 Å². The van der Waals surface area contributed by atoms with Gasteiger partial charge in [-0.3, -0.25) is 4.79 Å². The second kappa shape index (κ2) is 14.7. The molecule has 3 aromatic rings. The van der Waals surface area contributed by atoms with Gasteiger partial charge < -0.3 is 30.6 Å². The van der Waals surface area contributed by atoms with Gasteiger partial charge in [0.05, 0.1) is 26.7 Å². The summed E-state index contributed by atoms with van der Waals surface area (Å²) in [5, 5.41) is 6.40. The van der Waals surface area contributed by atoms with E-state index in [1.165, 1.54) is 17.0 Å². The average molecular weight is 586 g/mol. The third-order valence-electron chi connectivity index (χ3n) is 7.86. The Bertz CT molecular complexity index is 1460. The van der Waals surface area contributed by atoms with Crippen molar-refractivity contribution in [3.8, 4) is 17.2 Å². The van der Waals surface area contributed by atoms with E-state index in [0.717, 1.165) is 42.7 Å². The van der Waals surface area contributed by atoms with E-state index in [4.69, 9.17) is 19.9 Å². The number of unbranched alkanes of at least 4 members (excludes halogenated alkanes) is 2. The standard InChI is InChI=1S/C35H44N4O4/c1-35(2)28-23-27(38-26-12-8-6-9-13-26)16-17-29(28)39(21-11-7-10-14-34(40)37-20-19-36)33(35)18-15-25-22-31(42-4)32(43-5)24-30(25)41-3/h6,8-9,12-13,15-18,22-24,38H,7,10-11,14,19-21,36H2,1-5H3/p+1/b18-15+. The molecule has 0 spiro atoms. The van der Waals surface area contributed by atoms with Crippen LogP contribution in [0, 0.1) is 0 Å². The smallest absolute Gasteiger partial charge is 0.220 e. The predicted molar refractivity (Wildman–Crippen MR) is 175 cm³/mol. The van der Waals surface area contributed by atoms with Crippen molar-refractivity contribution in [3.05, 3.63) is 77.9 Å². The summed E-state index contributed by atoms with van der Waals surface area (Å²) < 4.78 is 19.2. The maximum absolute atomic E-state index is 12.0. The molecule has 0 radical (unpaired) electrons. The summed E-state index contributed by atoms with van der Waals surface area (Å²) in [4.78, 5) is 12.0. The SMILES string of the molecule is COc1cc(OC)c(OC)cc1/C=C/C1=[N+](CCCCCC(=O)NCCN)c2ccc(Nc3ccccc3)cc2C1(C)C. The quantitative estimate of drug-likeness (QED) is 0.146. The van der Waals surface area contributed by atoms with Crippen LogP contribution in [0.3, 0.4) is 0 Å². The number of nitrogens with zero attached hydrogens (tertiary/aromatic N) is 1. The van der Waals surface area contributed by atoms with Gasteiger partial charge in [-0.05, 0) is 63.1 Å². The lowest BCUT2D eigenvalue weighted by molar-refractivity contribution is -0.438. The van der Waals surface area contributed by atoms with Gasteiger partial charge >= 0.3 is 0 Å². The predicted octanol–water partition coefficient (Wildman–Crippen LogP) is 6.18. The molecule has 0 saturated carbocycles. The molecule has 0 unspecified atom stereocenters. The monoisotopic (exact) mass is 585 g/mol. The third-order valence-corrected chi connectivity index (χ3v) is 7.86. The molecule has 0 aromatic heterocycles. The molecule has 1 heterocycles. The first-order valence-electron chi connectivity index (χ1n) is 14.9. The van der Waals surface area contributed by atoms with Crippen molar-refractivity contribution < 1.29 is 23.6 Å². The number of benzene rings is 3. The third kappa shape index (κ3) is 7.56. The van der Waals surface area contributed by atoms with Crippen LogP contribution in [0.1, 0.15) is 50.7 Å². The molecule has 8 nitrogen and oxygen atoms in total. The highest BCUT2D eigenvalue weighted by atomic mass is 16.5. The maximum atomic E-state index is 12.0. The Morgan fingerprint density at radius 1 is 0.860 bits per heavy atom. The van der Waals surface area contributed by atoms with E-state index >= 15 is 0 Å². The highest BCUT2D eigenvalue weighted by molar-refractivity contribution is 6.05. The minimum atomic E-state index is -0.258. The van der Waals surface area contributed by atoms with Crippen molar-refractivity contribution in [2.75, 3.05) is 46.3 Å². The van der Waals surface area contributed by atoms with Crippen LogP contribution in [0.25, 0.3) is 6.08 Å². The van der Waals surface area contributed by atoms with Gasteiger partial charge in [-0.25, -0.2) is 0 Å². The number of ether oxygens (including phenoxy) is 3. The van der Waals surface area contributed by atoms with Gasteiger partial charge in [0.25, 0.3) is 0 Å². The zero-order valence-corrected chi connectivity index (χ0v) is 26.0. The number of nitrogens with two attached hydrogens (primary N) is 1. The molecule has 0 fully saturated rings. The number of anilines is 2. The van der Waals surface area contributed by atoms with Crippen LogP contribution in [0.5, 0.6) is 17.2 Å². The molecule has 1 amide bonds. The number of rotatable bonds is 15. The van der Waals surface area contributed by atoms with Crippen molar-refractivity contribution >= 4 is 34.8 Å². The van der Waals surface area contributed by atoms with E-state index in [-0.39, 0.29) is 11.3 Å². The Morgan fingerprint density at radius 3 is 2.28 bits per heavy atom. The zero-order chi connectivity index (χ0) is 30.8. The minimum absolute atomic E-state index is 0.0654. The van der Waals surface area contributed by atoms with Crippen LogP contribution in [-0.4, -0.2) is 57.2 Å². The summed E-state index contributed by atoms with van der Waals surface area (Å²) in [6.07, 6.45) is 7.55. The summed E-state index contributed by atoms with van der Waals surface area (Å²) in [5.41, 5.74) is 11.9. The summed E-state index contributed by atoms with van der Waals surface area (Å²) in [6, 6.07) is 20.6. The fourth-order valence-corrected chi connectivity index (χ4v) is 5.57. The molecule has 0 aliphatic carbocycles. The number of allylic oxidation sites excluding steroid dienone is 1. The van der Waals surface area contributed by atoms with Crippen molar-refractivity contribution in [2.24, 2.45) is 5.73 Å². The van der Waals surface area contributed by atoms with Gasteiger partial charge in [0.1, 0.15) is 12.3 Å². The number of methoxy groups -OCH3 is 3. The molecular weight excluding hydrogens is 540 g/mol. The van der Waals surface area contributed by atoms with E-state index < -0.39 is 0 Å². The van der Waals surface area contributed by atoms with Gasteiger partial charge in [-0.1, -0.05) is 18.2 Å². The highest BCUT2D eigenvalue weighted by Crippen LogP contribution is 2.43. The Kier molecular flexibility index (Phi) is 10.8. The molecule has 43 heavy (non-hydrogen) atoms. The van der Waals surface area contributed by atoms with Crippen LogP contribution < -0.4 is 30.6 Å². The average Bonchev–Trinajstić information content (AvgIpc) is 3.23. The van der Waals surface area contributed by atoms with E-state index in [9.17, 15) is 4.79 Å². The lowest BCUT2D eigenvalue weighted by atomic mass is 9.81. The summed E-state index contributed by atoms with van der Waals surface area (Å²) in [7, 11) is 4.91. The van der Waals surface area contributed by atoms with Gasteiger partial charge in [0.15, 0.2) is 17.2 Å². The Morgan fingerprint density at radius 2 is 1.58 bits per heavy atom. The number of carbonyl (C=O) groups is 1. The fraction of sp³-hybridized carbons (Fsp3) is 0.371. The first-order valence-corrected chi connectivity index (χ1v) is 14.9. The molecular formula is C35H45N4O4+. The van der Waals surface area contributed by atoms with Gasteiger partial charge in [-0.2, -0.15) is 4.58 Å². The van der Waals surface area contributed by atoms with Gasteiger partial charge in [0.2, 0.25) is 11.6 Å². The lowest BCUT2D eigenvalue weighted by Crippen LogP contribution is -2.28. The van der Waals surface area contributed by atoms with Gasteiger partial charge in [0, 0.05) is 66.6 Å². The summed E-state index contributed by atoms with van der Waals surface area (Å²) in [5.74, 6) is 2.03. The number of hydrogen-bond donors (Lipinski definition) is 3. The molecule has 0 atom stereocenters. The topological polar surface area (TPSA) is 97.9 Å². The second-order valence-electron chi connectivity index (χ2n) is 11.1. The first kappa shape index (κ1) is 31.6. The van der Waals surface area contributed by atoms with Crippen molar-refractivity contribution in [1.29, 1.82) is 0 Å². The molecule has 4 rings (SSSR count). The number of hydrogen-bond acceptors (Lipinski definition) is 6. The molecule has 1 aliphatic heterocycles. The van der Waals surface area contributed by atoms with Crippen molar-refractivity contribution in [2.45, 2.75) is 44.9 Å². The maximum Gasteiger partial charge on any atom is 0.220 e. The molecule has 228 valence electrons. The van der Waals surface area contributed by atoms with Crippen LogP contribution in [0.15, 0.2) is 66.7 Å². The zero-order valence-electron chi connectivity index (χ0n) is 26.0. The number of nitrogens with one attached hydrogen (secondary N) is 2. The van der Waals surface area contributed by atoms with Crippen molar-refractivity contribution in [1.82, 2.24) is 5.32 Å². The van der Waals surface area contributed by atoms with E-state index in [2.05, 4.69) is 71.5 Å². The summed E-state index contributed by atoms with van der Waals surface area (Å²) in [6.45, 7) is 6.36. The molecule has 4 N–H and O–H groups in total. The number of amides is 1. The van der Waals surface area contributed by atoms with Crippen LogP contribution in [0.4, 0.5) is 17.1 Å². The Labute approximate surface area is 255 Å². The summed E-state index contributed by atoms with van der Waals surface area (Å²) >= 11 is 0. The Balaban J connectivity index is 1.64. The Hall–Kier alpha value is -4.30. The number of fused-ring (bicyclic) bond motifs is 1. The largest absolute Gasteiger partial charge is 0.496 e. The first-order chi connectivity index (χ1) is 20.8. The second-order valence-corrected chi connectivity index (χ2v) is 11.1. The molecule has 1 aliphatic rings. The van der Waals surface area contributed by atoms with Crippen LogP contribution in [0.2, 0.25) is 0 Å². The lowest BCUT2D eigenvalue weighted by Gasteiger charge is -2.17. The van der Waals surface area contributed by atoms with E-state index in [0.29, 0.717) is 36.8 Å².